The Kier molecular flexibility index (Phi) is 11.7. The molecule has 1 heterocycles. The fourth-order valence-corrected chi connectivity index (χ4v) is 10.1. The maximum Gasteiger partial charge on any atom is 0.265 e. The zero-order valence-corrected chi connectivity index (χ0v) is 37.5. The molecule has 1 aromatic heterocycles. The predicted octanol–water partition coefficient (Wildman–Crippen LogP) is 9.06. The SMILES string of the molecule is CN(C)[C@@H]1c2onc(OCc3ccccc3)c2C(=O)[C@@]2(O[Si](C)(C)C(C)(C)C)C(=O)C3=C(O)c4c(c(F)cc(NCCNC(C)(C)C)c4OCc4ccccc4)C[C@H]3C[C@@H]12. The molecular formula is C47H59FN4O7Si. The molecule has 4 aromatic rings. The van der Waals surface area contributed by atoms with Crippen molar-refractivity contribution < 1.29 is 37.5 Å². The molecule has 11 nitrogen and oxygen atoms in total. The highest BCUT2D eigenvalue weighted by Crippen LogP contribution is 2.59. The first-order valence-electron chi connectivity index (χ1n) is 20.8. The van der Waals surface area contributed by atoms with Gasteiger partial charge in [0.25, 0.3) is 5.88 Å². The predicted molar refractivity (Wildman–Crippen MR) is 232 cm³/mol. The summed E-state index contributed by atoms with van der Waals surface area (Å²) < 4.78 is 42.5. The normalized spacial score (nSPS) is 21.6. The third-order valence-electron chi connectivity index (χ3n) is 12.5. The first-order chi connectivity index (χ1) is 28.2. The molecule has 3 aliphatic carbocycles. The molecule has 0 unspecified atom stereocenters. The van der Waals surface area contributed by atoms with E-state index in [0.717, 1.165) is 11.1 Å². The van der Waals surface area contributed by atoms with Gasteiger partial charge in [-0.2, -0.15) is 0 Å². The molecule has 4 atom stereocenters. The minimum atomic E-state index is -2.97. The molecule has 7 rings (SSSR count). The van der Waals surface area contributed by atoms with E-state index >= 15 is 14.0 Å². The number of rotatable bonds is 13. The van der Waals surface area contributed by atoms with Crippen LogP contribution in [-0.4, -0.2) is 73.4 Å². The number of carbonyl (C=O) groups is 2. The monoisotopic (exact) mass is 838 g/mol. The summed E-state index contributed by atoms with van der Waals surface area (Å²) in [6.45, 7) is 17.6. The molecule has 13 heteroatoms. The van der Waals surface area contributed by atoms with Crippen molar-refractivity contribution in [3.63, 3.8) is 0 Å². The maximum absolute atomic E-state index is 16.6. The molecule has 0 radical (unpaired) electrons. The van der Waals surface area contributed by atoms with Gasteiger partial charge >= 0.3 is 0 Å². The number of nitrogens with zero attached hydrogens (tertiary/aromatic N) is 2. The lowest BCUT2D eigenvalue weighted by atomic mass is 9.57. The summed E-state index contributed by atoms with van der Waals surface area (Å²) in [6, 6.07) is 19.8. The van der Waals surface area contributed by atoms with Crippen LogP contribution in [0.2, 0.25) is 18.1 Å². The van der Waals surface area contributed by atoms with Crippen molar-refractivity contribution in [1.82, 2.24) is 15.4 Å². The topological polar surface area (TPSA) is 135 Å². The number of anilines is 1. The van der Waals surface area contributed by atoms with Crippen LogP contribution in [-0.2, 0) is 28.9 Å². The van der Waals surface area contributed by atoms with E-state index in [0.29, 0.717) is 18.8 Å². The fraction of sp³-hybridized carbons (Fsp3) is 0.468. The quantitative estimate of drug-likeness (QED) is 0.0676. The Morgan fingerprint density at radius 2 is 1.53 bits per heavy atom. The molecular weight excluding hydrogens is 780 g/mol. The van der Waals surface area contributed by atoms with E-state index in [4.69, 9.17) is 18.4 Å². The Morgan fingerprint density at radius 3 is 2.12 bits per heavy atom. The maximum atomic E-state index is 16.6. The van der Waals surface area contributed by atoms with Crippen LogP contribution < -0.4 is 20.1 Å². The highest BCUT2D eigenvalue weighted by molar-refractivity contribution is 6.74. The Hall–Kier alpha value is -4.82. The second-order valence-electron chi connectivity index (χ2n) is 19.1. The number of benzene rings is 3. The van der Waals surface area contributed by atoms with Gasteiger partial charge in [-0.05, 0) is 88.0 Å². The Bertz CT molecular complexity index is 2280. The van der Waals surface area contributed by atoms with Gasteiger partial charge in [-0.25, -0.2) is 4.39 Å². The van der Waals surface area contributed by atoms with Gasteiger partial charge in [-0.15, -0.1) is 0 Å². The molecule has 60 heavy (non-hydrogen) atoms. The molecule has 320 valence electrons. The van der Waals surface area contributed by atoms with E-state index < -0.39 is 60.0 Å². The fourth-order valence-electron chi connectivity index (χ4n) is 8.61. The van der Waals surface area contributed by atoms with Crippen molar-refractivity contribution in [3.8, 4) is 11.6 Å². The molecule has 0 saturated heterocycles. The van der Waals surface area contributed by atoms with E-state index in [1.807, 2.05) is 92.8 Å². The molecule has 3 aromatic carbocycles. The number of aliphatic hydroxyl groups is 1. The second-order valence-corrected chi connectivity index (χ2v) is 23.9. The highest BCUT2D eigenvalue weighted by Gasteiger charge is 2.69. The number of ketones is 2. The number of carbonyl (C=O) groups excluding carboxylic acids is 2. The molecule has 0 aliphatic heterocycles. The first kappa shape index (κ1) is 43.3. The average molecular weight is 839 g/mol. The first-order valence-corrected chi connectivity index (χ1v) is 23.7. The van der Waals surface area contributed by atoms with Gasteiger partial charge in [-0.3, -0.25) is 14.5 Å². The second kappa shape index (κ2) is 16.2. The smallest absolute Gasteiger partial charge is 0.265 e. The molecule has 3 aliphatic rings. The van der Waals surface area contributed by atoms with Gasteiger partial charge in [0, 0.05) is 41.7 Å². The van der Waals surface area contributed by atoms with Crippen molar-refractivity contribution in [2.75, 3.05) is 32.5 Å². The van der Waals surface area contributed by atoms with Gasteiger partial charge in [0.1, 0.15) is 30.4 Å². The summed E-state index contributed by atoms with van der Waals surface area (Å²) >= 11 is 0. The standard InChI is InChI=1S/C47H59FN4O7Si/c1-45(2,3)50-22-21-49-34-25-33(48)31-23-30-24-32-38(52(7)8)41-37(44(51-58-41)57-27-29-19-15-12-16-20-29)43(55)47(32,59-60(9,10)46(4,5)6)42(54)35(30)39(53)36(31)40(34)56-26-28-17-13-11-14-18-28/h11-20,25,30,32,38,49-50,53H,21-24,26-27H2,1-10H3/t30-,32-,38-,47-/m0/s1. The Morgan fingerprint density at radius 1 is 0.917 bits per heavy atom. The highest BCUT2D eigenvalue weighted by atomic mass is 28.4. The van der Waals surface area contributed by atoms with Crippen molar-refractivity contribution >= 4 is 31.3 Å². The summed E-state index contributed by atoms with van der Waals surface area (Å²) in [6.07, 6.45) is 0.307. The summed E-state index contributed by atoms with van der Waals surface area (Å²) in [4.78, 5) is 33.4. The van der Waals surface area contributed by atoms with Crippen molar-refractivity contribution in [2.45, 2.75) is 103 Å². The van der Waals surface area contributed by atoms with Gasteiger partial charge in [0.05, 0.1) is 17.3 Å². The van der Waals surface area contributed by atoms with Crippen LogP contribution in [0.5, 0.6) is 11.6 Å². The third kappa shape index (κ3) is 7.92. The number of hydrogen-bond acceptors (Lipinski definition) is 11. The zero-order valence-electron chi connectivity index (χ0n) is 36.5. The summed E-state index contributed by atoms with van der Waals surface area (Å²) in [5.74, 6) is -3.14. The van der Waals surface area contributed by atoms with Crippen LogP contribution in [0.4, 0.5) is 10.1 Å². The summed E-state index contributed by atoms with van der Waals surface area (Å²) in [7, 11) is 0.756. The zero-order chi connectivity index (χ0) is 43.4. The number of fused-ring (bicyclic) bond motifs is 4. The van der Waals surface area contributed by atoms with Crippen molar-refractivity contribution in [3.05, 3.63) is 112 Å². The lowest BCUT2D eigenvalue weighted by molar-refractivity contribution is -0.140. The van der Waals surface area contributed by atoms with E-state index in [2.05, 4.69) is 57.3 Å². The van der Waals surface area contributed by atoms with Crippen LogP contribution in [0, 0.1) is 17.7 Å². The van der Waals surface area contributed by atoms with E-state index in [-0.39, 0.29) is 71.2 Å². The van der Waals surface area contributed by atoms with Crippen molar-refractivity contribution in [2.24, 2.45) is 11.8 Å². The van der Waals surface area contributed by atoms with Gasteiger partial charge in [0.2, 0.25) is 11.6 Å². The Labute approximate surface area is 353 Å². The van der Waals surface area contributed by atoms with Crippen LogP contribution >= 0.6 is 0 Å². The third-order valence-corrected chi connectivity index (χ3v) is 17.0. The van der Waals surface area contributed by atoms with E-state index in [9.17, 15) is 5.11 Å². The van der Waals surface area contributed by atoms with Gasteiger partial charge in [0.15, 0.2) is 25.4 Å². The number of aliphatic hydroxyl groups excluding tert-OH is 1. The number of halogens is 1. The summed E-state index contributed by atoms with van der Waals surface area (Å²) in [5.41, 5.74) is 0.268. The minimum absolute atomic E-state index is 0.0280. The average Bonchev–Trinajstić information content (AvgIpc) is 3.60. The minimum Gasteiger partial charge on any atom is -0.507 e. The number of nitrogens with one attached hydrogen (secondary N) is 2. The molecule has 1 saturated carbocycles. The van der Waals surface area contributed by atoms with Gasteiger partial charge < -0.3 is 34.2 Å². The number of aromatic nitrogens is 1. The van der Waals surface area contributed by atoms with E-state index in [1.54, 1.807) is 0 Å². The van der Waals surface area contributed by atoms with Crippen LogP contribution in [0.25, 0.3) is 5.76 Å². The lowest BCUT2D eigenvalue weighted by Gasteiger charge is -2.55. The number of hydrogen-bond donors (Lipinski definition) is 3. The van der Waals surface area contributed by atoms with Crippen molar-refractivity contribution in [1.29, 1.82) is 0 Å². The van der Waals surface area contributed by atoms with Gasteiger partial charge in [-0.1, -0.05) is 81.4 Å². The lowest BCUT2D eigenvalue weighted by Crippen LogP contribution is -2.68. The van der Waals surface area contributed by atoms with E-state index in [1.165, 1.54) is 6.07 Å². The molecule has 1 fully saturated rings. The Balaban J connectivity index is 1.39. The molecule has 0 bridgehead atoms. The largest absolute Gasteiger partial charge is 0.507 e. The van der Waals surface area contributed by atoms with Crippen LogP contribution in [0.15, 0.2) is 76.8 Å². The molecule has 0 amide bonds. The summed E-state index contributed by atoms with van der Waals surface area (Å²) in [5, 5.41) is 23.2. The van der Waals surface area contributed by atoms with Crippen LogP contribution in [0.1, 0.15) is 92.4 Å². The van der Waals surface area contributed by atoms with Crippen LogP contribution in [0.3, 0.4) is 0 Å². The molecule has 3 N–H and O–H groups in total. The molecule has 0 spiro atoms. The number of ether oxygens (including phenoxy) is 2. The number of Topliss-reactive ketones (excluding diaryl/α,β-unsaturated/α-hetero) is 2.